The number of hydrogen-bond acceptors (Lipinski definition) is 5. The van der Waals surface area contributed by atoms with E-state index in [4.69, 9.17) is 4.74 Å². The maximum Gasteiger partial charge on any atom is 0.241 e. The van der Waals surface area contributed by atoms with Crippen LogP contribution in [0.4, 0.5) is 4.39 Å². The molecule has 146 valence electrons. The lowest BCUT2D eigenvalue weighted by Gasteiger charge is -2.22. The molecule has 0 radical (unpaired) electrons. The van der Waals surface area contributed by atoms with Gasteiger partial charge in [0.1, 0.15) is 23.5 Å². The van der Waals surface area contributed by atoms with E-state index >= 15 is 0 Å². The standard InChI is InChI=1S/C20H20FN3O3S/c1-12-8-9-18(27-11-15-6-4-5-7-17(15)21)16(10-12)19-24(14(3)26)23-20(28-19)22-13(2)25/h4-10,19H,11H2,1-3H3,(H,22,23,25)/t19-/m1/s1. The average Bonchev–Trinajstić information content (AvgIpc) is 3.05. The Bertz CT molecular complexity index is 948. The maximum atomic E-state index is 13.9. The van der Waals surface area contributed by atoms with Crippen LogP contribution in [-0.2, 0) is 16.2 Å². The first-order chi connectivity index (χ1) is 13.3. The number of nitrogens with zero attached hydrogens (tertiary/aromatic N) is 2. The minimum absolute atomic E-state index is 0.0552. The van der Waals surface area contributed by atoms with Gasteiger partial charge >= 0.3 is 0 Å². The highest BCUT2D eigenvalue weighted by Gasteiger charge is 2.34. The molecule has 1 heterocycles. The Hall–Kier alpha value is -2.87. The van der Waals surface area contributed by atoms with Gasteiger partial charge in [-0.15, -0.1) is 5.10 Å². The van der Waals surface area contributed by atoms with Crippen LogP contribution in [0.5, 0.6) is 5.75 Å². The lowest BCUT2D eigenvalue weighted by Crippen LogP contribution is -2.25. The van der Waals surface area contributed by atoms with Gasteiger partial charge in [0.15, 0.2) is 5.17 Å². The van der Waals surface area contributed by atoms with Crippen LogP contribution in [0.2, 0.25) is 0 Å². The van der Waals surface area contributed by atoms with Crippen LogP contribution in [-0.4, -0.2) is 22.0 Å². The molecule has 2 aromatic carbocycles. The van der Waals surface area contributed by atoms with Crippen molar-refractivity contribution in [3.05, 3.63) is 65.0 Å². The molecule has 0 aromatic heterocycles. The summed E-state index contributed by atoms with van der Waals surface area (Å²) < 4.78 is 19.8. The fourth-order valence-corrected chi connectivity index (χ4v) is 3.88. The summed E-state index contributed by atoms with van der Waals surface area (Å²) in [6.45, 7) is 4.77. The average molecular weight is 401 g/mol. The monoisotopic (exact) mass is 401 g/mol. The highest BCUT2D eigenvalue weighted by atomic mass is 32.2. The number of hydrazone groups is 1. The number of rotatable bonds is 4. The van der Waals surface area contributed by atoms with E-state index < -0.39 is 5.37 Å². The van der Waals surface area contributed by atoms with Gasteiger partial charge in [-0.05, 0) is 25.1 Å². The number of thioether (sulfide) groups is 1. The fourth-order valence-electron chi connectivity index (χ4n) is 2.73. The highest BCUT2D eigenvalue weighted by molar-refractivity contribution is 8.14. The Kier molecular flexibility index (Phi) is 5.99. The SMILES string of the molecule is CC(=O)NC1=NN(C(C)=O)[C@@H](c2cc(C)ccc2OCc2ccccc2F)S1. The number of aryl methyl sites for hydroxylation is 1. The van der Waals surface area contributed by atoms with Gasteiger partial charge in [0, 0.05) is 25.0 Å². The van der Waals surface area contributed by atoms with E-state index in [0.29, 0.717) is 16.5 Å². The molecule has 6 nitrogen and oxygen atoms in total. The largest absolute Gasteiger partial charge is 0.488 e. The van der Waals surface area contributed by atoms with Gasteiger partial charge in [-0.1, -0.05) is 41.6 Å². The molecule has 28 heavy (non-hydrogen) atoms. The van der Waals surface area contributed by atoms with E-state index in [1.807, 2.05) is 19.1 Å². The van der Waals surface area contributed by atoms with Crippen LogP contribution in [0.15, 0.2) is 47.6 Å². The van der Waals surface area contributed by atoms with Gasteiger partial charge in [-0.2, -0.15) is 0 Å². The molecule has 1 N–H and O–H groups in total. The second kappa shape index (κ2) is 8.43. The predicted molar refractivity (Wildman–Crippen MR) is 106 cm³/mol. The minimum atomic E-state index is -0.491. The van der Waals surface area contributed by atoms with Crippen molar-refractivity contribution in [2.45, 2.75) is 32.8 Å². The van der Waals surface area contributed by atoms with Crippen molar-refractivity contribution in [1.29, 1.82) is 0 Å². The van der Waals surface area contributed by atoms with E-state index in [-0.39, 0.29) is 24.2 Å². The zero-order chi connectivity index (χ0) is 20.3. The first kappa shape index (κ1) is 19.9. The summed E-state index contributed by atoms with van der Waals surface area (Å²) in [6.07, 6.45) is 0. The summed E-state index contributed by atoms with van der Waals surface area (Å²) in [7, 11) is 0. The first-order valence-corrected chi connectivity index (χ1v) is 9.52. The smallest absolute Gasteiger partial charge is 0.241 e. The zero-order valence-electron chi connectivity index (χ0n) is 15.7. The van der Waals surface area contributed by atoms with Crippen molar-refractivity contribution >= 4 is 28.7 Å². The molecule has 0 unspecified atom stereocenters. The molecule has 0 bridgehead atoms. The molecule has 0 aliphatic carbocycles. The molecule has 0 saturated carbocycles. The Balaban J connectivity index is 1.88. The highest BCUT2D eigenvalue weighted by Crippen LogP contribution is 2.43. The maximum absolute atomic E-state index is 13.9. The van der Waals surface area contributed by atoms with Crippen molar-refractivity contribution in [3.8, 4) is 5.75 Å². The van der Waals surface area contributed by atoms with Crippen LogP contribution < -0.4 is 10.1 Å². The van der Waals surface area contributed by atoms with E-state index in [2.05, 4.69) is 10.4 Å². The molecule has 1 atom stereocenters. The van der Waals surface area contributed by atoms with Gasteiger partial charge < -0.3 is 10.1 Å². The van der Waals surface area contributed by atoms with Gasteiger partial charge in [0.25, 0.3) is 0 Å². The van der Waals surface area contributed by atoms with E-state index in [1.54, 1.807) is 24.3 Å². The third-order valence-electron chi connectivity index (χ3n) is 4.02. The molecule has 0 fully saturated rings. The molecule has 0 saturated heterocycles. The molecule has 3 rings (SSSR count). The molecule has 8 heteroatoms. The molecular formula is C20H20FN3O3S. The molecular weight excluding hydrogens is 381 g/mol. The number of carbonyl (C=O) groups excluding carboxylic acids is 2. The Labute approximate surface area is 166 Å². The van der Waals surface area contributed by atoms with Crippen LogP contribution in [0.1, 0.15) is 35.9 Å². The summed E-state index contributed by atoms with van der Waals surface area (Å²) in [5.41, 5.74) is 2.14. The van der Waals surface area contributed by atoms with E-state index in [9.17, 15) is 14.0 Å². The van der Waals surface area contributed by atoms with Crippen molar-refractivity contribution in [1.82, 2.24) is 10.3 Å². The Morgan fingerprint density at radius 1 is 1.25 bits per heavy atom. The van der Waals surface area contributed by atoms with Crippen LogP contribution in [0.3, 0.4) is 0 Å². The quantitative estimate of drug-likeness (QED) is 0.848. The van der Waals surface area contributed by atoms with Crippen molar-refractivity contribution < 1.29 is 18.7 Å². The van der Waals surface area contributed by atoms with Gasteiger partial charge in [0.05, 0.1) is 0 Å². The van der Waals surface area contributed by atoms with Crippen molar-refractivity contribution in [2.24, 2.45) is 5.10 Å². The van der Waals surface area contributed by atoms with E-state index in [0.717, 1.165) is 11.1 Å². The number of ether oxygens (including phenoxy) is 1. The zero-order valence-corrected chi connectivity index (χ0v) is 16.5. The number of amidine groups is 1. The summed E-state index contributed by atoms with van der Waals surface area (Å²) in [5, 5.41) is 7.98. The minimum Gasteiger partial charge on any atom is -0.488 e. The third kappa shape index (κ3) is 4.51. The second-order valence-corrected chi connectivity index (χ2v) is 7.41. The molecule has 1 aliphatic rings. The number of hydrogen-bond donors (Lipinski definition) is 1. The normalized spacial score (nSPS) is 15.9. The Morgan fingerprint density at radius 3 is 2.68 bits per heavy atom. The summed E-state index contributed by atoms with van der Waals surface area (Å²) in [4.78, 5) is 23.4. The molecule has 2 amide bonds. The van der Waals surface area contributed by atoms with Crippen LogP contribution in [0, 0.1) is 12.7 Å². The number of halogens is 1. The number of carbonyl (C=O) groups is 2. The van der Waals surface area contributed by atoms with Gasteiger partial charge in [-0.3, -0.25) is 9.59 Å². The number of benzene rings is 2. The third-order valence-corrected chi connectivity index (χ3v) is 5.11. The molecule has 0 spiro atoms. The first-order valence-electron chi connectivity index (χ1n) is 8.64. The number of nitrogens with one attached hydrogen (secondary N) is 1. The molecule has 1 aliphatic heterocycles. The van der Waals surface area contributed by atoms with Crippen molar-refractivity contribution in [2.75, 3.05) is 0 Å². The Morgan fingerprint density at radius 2 is 2.00 bits per heavy atom. The topological polar surface area (TPSA) is 71.0 Å². The van der Waals surface area contributed by atoms with Gasteiger partial charge in [0.2, 0.25) is 11.8 Å². The summed E-state index contributed by atoms with van der Waals surface area (Å²) in [6, 6.07) is 12.0. The van der Waals surface area contributed by atoms with E-state index in [1.165, 1.54) is 36.7 Å². The lowest BCUT2D eigenvalue weighted by atomic mass is 10.1. The second-order valence-electron chi connectivity index (χ2n) is 6.34. The fraction of sp³-hybridized carbons (Fsp3) is 0.250. The molecule has 2 aromatic rings. The summed E-state index contributed by atoms with van der Waals surface area (Å²) in [5.74, 6) is -0.347. The lowest BCUT2D eigenvalue weighted by molar-refractivity contribution is -0.129. The van der Waals surface area contributed by atoms with Crippen molar-refractivity contribution in [3.63, 3.8) is 0 Å². The predicted octanol–water partition coefficient (Wildman–Crippen LogP) is 3.71. The van der Waals surface area contributed by atoms with Gasteiger partial charge in [-0.25, -0.2) is 9.40 Å². The van der Waals surface area contributed by atoms with Crippen LogP contribution in [0.25, 0.3) is 0 Å². The summed E-state index contributed by atoms with van der Waals surface area (Å²) >= 11 is 1.25. The van der Waals surface area contributed by atoms with Crippen LogP contribution >= 0.6 is 11.8 Å². The number of amides is 2.